The maximum Gasteiger partial charge on any atom is 0.134 e. The van der Waals surface area contributed by atoms with Gasteiger partial charge in [0.15, 0.2) is 0 Å². The maximum absolute atomic E-state index is 5.41. The first-order valence-electron chi connectivity index (χ1n) is 11.2. The highest BCUT2D eigenvalue weighted by Crippen LogP contribution is 2.28. The van der Waals surface area contributed by atoms with Gasteiger partial charge >= 0.3 is 0 Å². The molecule has 6 heteroatoms. The average molecular weight is 761 g/mol. The molecule has 4 aromatic carbocycles. The second-order valence-electron chi connectivity index (χ2n) is 8.26. The van der Waals surface area contributed by atoms with Crippen LogP contribution in [0.2, 0.25) is 26.2 Å². The summed E-state index contributed by atoms with van der Waals surface area (Å²) in [6, 6.07) is 34.0. The summed E-state index contributed by atoms with van der Waals surface area (Å²) >= 11 is 14.8. The third-order valence-electron chi connectivity index (χ3n) is 4.74. The molecule has 0 amide bonds. The maximum atomic E-state index is 5.41. The van der Waals surface area contributed by atoms with E-state index >= 15 is 0 Å². The molecule has 4 rings (SSSR count). The normalized spacial score (nSPS) is 10.0. The molecular formula is C29H34Br2ClISi2. The van der Waals surface area contributed by atoms with Crippen molar-refractivity contribution in [3.63, 3.8) is 0 Å². The van der Waals surface area contributed by atoms with E-state index in [1.165, 1.54) is 31.0 Å². The Morgan fingerprint density at radius 2 is 1.03 bits per heavy atom. The van der Waals surface area contributed by atoms with Gasteiger partial charge in [0, 0.05) is 12.5 Å². The number of halogens is 4. The van der Waals surface area contributed by atoms with Crippen molar-refractivity contribution in [3.05, 3.63) is 110 Å². The summed E-state index contributed by atoms with van der Waals surface area (Å²) in [4.78, 5) is 0. The smallest absolute Gasteiger partial charge is 0.134 e. The fraction of sp³-hybridized carbons (Fsp3) is 0.172. The molecule has 0 fully saturated rings. The van der Waals surface area contributed by atoms with Gasteiger partial charge in [-0.15, -0.1) is 0 Å². The molecule has 0 aromatic heterocycles. The molecule has 4 aromatic rings. The van der Waals surface area contributed by atoms with Gasteiger partial charge in [0.2, 0.25) is 0 Å². The van der Waals surface area contributed by atoms with Crippen molar-refractivity contribution in [3.8, 4) is 22.3 Å². The molecule has 0 aliphatic carbocycles. The molecule has 0 N–H and O–H groups in total. The van der Waals surface area contributed by atoms with Gasteiger partial charge in [0.25, 0.3) is 0 Å². The van der Waals surface area contributed by atoms with Crippen molar-refractivity contribution < 1.29 is 0 Å². The van der Waals surface area contributed by atoms with Crippen LogP contribution in [0, 0.1) is 3.57 Å². The predicted molar refractivity (Wildman–Crippen MR) is 182 cm³/mol. The number of benzene rings is 4. The summed E-state index contributed by atoms with van der Waals surface area (Å²) in [6.45, 7) is 8.88. The SMILES string of the molecule is Brc1ccc(I)c(-c2ccccc2)c1.C.C[SiH](C)Cl.C[SiH](C)c1ccc(Br)cc1-c1ccccc1. The third-order valence-corrected chi connectivity index (χ3v) is 8.41. The van der Waals surface area contributed by atoms with E-state index in [4.69, 9.17) is 11.1 Å². The zero-order chi connectivity index (χ0) is 25.1. The lowest BCUT2D eigenvalue weighted by Crippen LogP contribution is -2.24. The minimum absolute atomic E-state index is 0. The lowest BCUT2D eigenvalue weighted by atomic mass is 10.1. The van der Waals surface area contributed by atoms with E-state index in [1.54, 1.807) is 0 Å². The van der Waals surface area contributed by atoms with Gasteiger partial charge in [-0.3, -0.25) is 0 Å². The Hall–Kier alpha value is -0.706. The quantitative estimate of drug-likeness (QED) is 0.111. The molecule has 0 spiro atoms. The molecule has 0 aliphatic heterocycles. The van der Waals surface area contributed by atoms with Crippen LogP contribution >= 0.6 is 65.5 Å². The molecule has 0 aliphatic rings. The molecule has 186 valence electrons. The first-order valence-corrected chi connectivity index (χ1v) is 20.8. The van der Waals surface area contributed by atoms with E-state index in [2.05, 4.69) is 172 Å². The monoisotopic (exact) mass is 758 g/mol. The molecule has 35 heavy (non-hydrogen) atoms. The number of rotatable bonds is 3. The fourth-order valence-corrected chi connectivity index (χ4v) is 5.96. The fourth-order valence-electron chi connectivity index (χ4n) is 3.24. The predicted octanol–water partition coefficient (Wildman–Crippen LogP) is 10.4. The van der Waals surface area contributed by atoms with Gasteiger partial charge in [-0.1, -0.05) is 137 Å². The number of hydrogen-bond acceptors (Lipinski definition) is 0. The summed E-state index contributed by atoms with van der Waals surface area (Å²) < 4.78 is 3.55. The van der Waals surface area contributed by atoms with Gasteiger partial charge in [0.1, 0.15) is 8.11 Å². The van der Waals surface area contributed by atoms with Crippen molar-refractivity contribution >= 4 is 87.6 Å². The standard InChI is InChI=1S/C14H15BrSi.C12H8BrI.C2H7ClSi.CH4/c1-16(2)14-9-8-12(15)10-13(14)11-6-4-3-5-7-11;13-10-6-7-12(14)11(8-10)9-4-2-1-3-5-9;1-4(2)3;/h3-10,16H,1-2H3;1-8H;4H,1-2H3;1H4. The Morgan fingerprint density at radius 1 is 0.629 bits per heavy atom. The molecule has 0 nitrogen and oxygen atoms in total. The Labute approximate surface area is 250 Å². The van der Waals surface area contributed by atoms with E-state index < -0.39 is 16.9 Å². The minimum Gasteiger partial charge on any atom is -0.172 e. The van der Waals surface area contributed by atoms with Gasteiger partial charge in [-0.25, -0.2) is 0 Å². The molecule has 0 bridgehead atoms. The Balaban J connectivity index is 0.000000299. The second kappa shape index (κ2) is 16.9. The van der Waals surface area contributed by atoms with Gasteiger partial charge in [-0.05, 0) is 75.2 Å². The molecule has 0 atom stereocenters. The highest BCUT2D eigenvalue weighted by molar-refractivity contribution is 14.1. The molecular weight excluding hydrogens is 727 g/mol. The van der Waals surface area contributed by atoms with Crippen LogP contribution in [0.25, 0.3) is 22.3 Å². The van der Waals surface area contributed by atoms with E-state index in [-0.39, 0.29) is 7.43 Å². The molecule has 0 radical (unpaired) electrons. The zero-order valence-electron chi connectivity index (χ0n) is 19.9. The van der Waals surface area contributed by atoms with Gasteiger partial charge in [-0.2, -0.15) is 11.1 Å². The highest BCUT2D eigenvalue weighted by Gasteiger charge is 2.09. The van der Waals surface area contributed by atoms with Crippen molar-refractivity contribution in [2.45, 2.75) is 33.6 Å². The summed E-state index contributed by atoms with van der Waals surface area (Å²) in [5.74, 6) is 0. The van der Waals surface area contributed by atoms with Gasteiger partial charge in [0.05, 0.1) is 8.80 Å². The molecule has 0 unspecified atom stereocenters. The first kappa shape index (κ1) is 32.3. The van der Waals surface area contributed by atoms with E-state index in [0.29, 0.717) is 0 Å². The van der Waals surface area contributed by atoms with Crippen LogP contribution in [0.3, 0.4) is 0 Å². The summed E-state index contributed by atoms with van der Waals surface area (Å²) in [5.41, 5.74) is 5.25. The van der Waals surface area contributed by atoms with E-state index in [1.807, 2.05) is 6.07 Å². The van der Waals surface area contributed by atoms with Crippen LogP contribution in [-0.2, 0) is 0 Å². The van der Waals surface area contributed by atoms with Crippen LogP contribution in [0.1, 0.15) is 7.43 Å². The highest BCUT2D eigenvalue weighted by atomic mass is 127. The molecule has 0 saturated heterocycles. The van der Waals surface area contributed by atoms with Crippen molar-refractivity contribution in [1.82, 2.24) is 0 Å². The van der Waals surface area contributed by atoms with Crippen molar-refractivity contribution in [1.29, 1.82) is 0 Å². The minimum atomic E-state index is -0.779. The summed E-state index contributed by atoms with van der Waals surface area (Å²) in [6.07, 6.45) is 0. The van der Waals surface area contributed by atoms with E-state index in [0.717, 1.165) is 8.95 Å². The van der Waals surface area contributed by atoms with Crippen LogP contribution < -0.4 is 5.19 Å². The van der Waals surface area contributed by atoms with Crippen LogP contribution in [0.4, 0.5) is 0 Å². The Morgan fingerprint density at radius 3 is 1.49 bits per heavy atom. The lowest BCUT2D eigenvalue weighted by Gasteiger charge is -2.12. The van der Waals surface area contributed by atoms with Crippen molar-refractivity contribution in [2.75, 3.05) is 0 Å². The Bertz CT molecular complexity index is 1150. The summed E-state index contributed by atoms with van der Waals surface area (Å²) in [7, 11) is -1.45. The van der Waals surface area contributed by atoms with Crippen LogP contribution in [-0.4, -0.2) is 16.9 Å². The van der Waals surface area contributed by atoms with Crippen molar-refractivity contribution in [2.24, 2.45) is 0 Å². The van der Waals surface area contributed by atoms with Crippen LogP contribution in [0.5, 0.6) is 0 Å². The van der Waals surface area contributed by atoms with Gasteiger partial charge < -0.3 is 0 Å². The third kappa shape index (κ3) is 11.5. The second-order valence-corrected chi connectivity index (χ2v) is 18.8. The Kier molecular flexibility index (Phi) is 15.6. The molecule has 0 heterocycles. The van der Waals surface area contributed by atoms with Crippen LogP contribution in [0.15, 0.2) is 106 Å². The first-order chi connectivity index (χ1) is 16.2. The van der Waals surface area contributed by atoms with E-state index in [9.17, 15) is 0 Å². The zero-order valence-corrected chi connectivity index (χ0v) is 28.3. The average Bonchev–Trinajstić information content (AvgIpc) is 2.81. The summed E-state index contributed by atoms with van der Waals surface area (Å²) in [5, 5.41) is 1.54. The lowest BCUT2D eigenvalue weighted by molar-refractivity contribution is 1.55. The molecule has 0 saturated carbocycles. The number of hydrogen-bond donors (Lipinski definition) is 0. The largest absolute Gasteiger partial charge is 0.172 e. The topological polar surface area (TPSA) is 0 Å².